The molecule has 3 nitrogen and oxygen atoms in total. The van der Waals surface area contributed by atoms with Crippen molar-refractivity contribution >= 4 is 17.3 Å². The van der Waals surface area contributed by atoms with Gasteiger partial charge >= 0.3 is 0 Å². The Morgan fingerprint density at radius 3 is 2.65 bits per heavy atom. The first-order chi connectivity index (χ1) is 9.78. The van der Waals surface area contributed by atoms with Gasteiger partial charge in [0, 0.05) is 19.1 Å². The van der Waals surface area contributed by atoms with Crippen molar-refractivity contribution in [3.63, 3.8) is 0 Å². The molecule has 3 rings (SSSR count). The molecule has 2 aliphatic heterocycles. The molecule has 1 unspecified atom stereocenters. The molecule has 106 valence electrons. The van der Waals surface area contributed by atoms with Crippen molar-refractivity contribution in [2.75, 3.05) is 24.5 Å². The maximum absolute atomic E-state index is 8.89. The van der Waals surface area contributed by atoms with Gasteiger partial charge in [0.25, 0.3) is 0 Å². The number of anilines is 1. The molecular weight excluding hydrogens is 270 g/mol. The minimum atomic E-state index is 0.629. The maximum atomic E-state index is 8.89. The summed E-state index contributed by atoms with van der Waals surface area (Å²) in [4.78, 5) is 2.36. The third-order valence-electron chi connectivity index (χ3n) is 4.62. The fourth-order valence-corrected chi connectivity index (χ4v) is 3.79. The van der Waals surface area contributed by atoms with Gasteiger partial charge in [0.2, 0.25) is 0 Å². The van der Waals surface area contributed by atoms with Gasteiger partial charge in [-0.3, -0.25) is 0 Å². The summed E-state index contributed by atoms with van der Waals surface area (Å²) in [5, 5.41) is 13.2. The van der Waals surface area contributed by atoms with E-state index < -0.39 is 0 Å². The van der Waals surface area contributed by atoms with Gasteiger partial charge in [-0.25, -0.2) is 0 Å². The Morgan fingerprint density at radius 2 is 2.05 bits per heavy atom. The van der Waals surface area contributed by atoms with Crippen molar-refractivity contribution in [2.24, 2.45) is 5.92 Å². The minimum Gasteiger partial charge on any atom is -0.370 e. The molecule has 2 heterocycles. The quantitative estimate of drug-likeness (QED) is 0.909. The molecule has 0 amide bonds. The van der Waals surface area contributed by atoms with Crippen LogP contribution in [0.1, 0.15) is 31.2 Å². The van der Waals surface area contributed by atoms with Crippen LogP contribution in [0.5, 0.6) is 0 Å². The third-order valence-corrected chi connectivity index (χ3v) is 4.93. The standard InChI is InChI=1S/C16H20ClN3/c17-14-10-12(11-18)3-4-16(14)20-8-5-13(6-9-20)15-2-1-7-19-15/h3-4,10,13,15,19H,1-2,5-9H2. The van der Waals surface area contributed by atoms with Gasteiger partial charge < -0.3 is 10.2 Å². The predicted octanol–water partition coefficient (Wildman–Crippen LogP) is 3.18. The summed E-state index contributed by atoms with van der Waals surface area (Å²) in [6, 6.07) is 8.46. The Labute approximate surface area is 125 Å². The number of benzene rings is 1. The fraction of sp³-hybridized carbons (Fsp3) is 0.562. The highest BCUT2D eigenvalue weighted by atomic mass is 35.5. The molecule has 0 radical (unpaired) electrons. The van der Waals surface area contributed by atoms with Crippen LogP contribution in [0.2, 0.25) is 5.02 Å². The average molecular weight is 290 g/mol. The van der Waals surface area contributed by atoms with Crippen LogP contribution in [0.15, 0.2) is 18.2 Å². The molecule has 0 bridgehead atoms. The van der Waals surface area contributed by atoms with E-state index in [1.54, 1.807) is 6.07 Å². The van der Waals surface area contributed by atoms with Crippen molar-refractivity contribution in [1.82, 2.24) is 5.32 Å². The summed E-state index contributed by atoms with van der Waals surface area (Å²) in [6.07, 6.45) is 5.12. The van der Waals surface area contributed by atoms with Crippen molar-refractivity contribution in [3.8, 4) is 6.07 Å². The van der Waals surface area contributed by atoms with Gasteiger partial charge in [-0.05, 0) is 56.3 Å². The maximum Gasteiger partial charge on any atom is 0.0992 e. The van der Waals surface area contributed by atoms with Crippen LogP contribution < -0.4 is 10.2 Å². The lowest BCUT2D eigenvalue weighted by Crippen LogP contribution is -2.41. The highest BCUT2D eigenvalue weighted by Gasteiger charge is 2.28. The second-order valence-electron chi connectivity index (χ2n) is 5.81. The van der Waals surface area contributed by atoms with Crippen molar-refractivity contribution in [3.05, 3.63) is 28.8 Å². The van der Waals surface area contributed by atoms with Gasteiger partial charge in [0.05, 0.1) is 22.3 Å². The Hall–Kier alpha value is -1.24. The monoisotopic (exact) mass is 289 g/mol. The van der Waals surface area contributed by atoms with E-state index in [4.69, 9.17) is 16.9 Å². The first-order valence-corrected chi connectivity index (χ1v) is 7.83. The number of rotatable bonds is 2. The van der Waals surface area contributed by atoms with E-state index in [2.05, 4.69) is 16.3 Å². The first-order valence-electron chi connectivity index (χ1n) is 7.46. The minimum absolute atomic E-state index is 0.629. The molecule has 0 spiro atoms. The first kappa shape index (κ1) is 13.7. The van der Waals surface area contributed by atoms with Crippen molar-refractivity contribution in [1.29, 1.82) is 5.26 Å². The number of nitrogens with zero attached hydrogens (tertiary/aromatic N) is 2. The Bertz CT molecular complexity index is 509. The zero-order chi connectivity index (χ0) is 13.9. The van der Waals surface area contributed by atoms with Crippen LogP contribution in [0.3, 0.4) is 0 Å². The SMILES string of the molecule is N#Cc1ccc(N2CCC(C3CCCN3)CC2)c(Cl)c1. The van der Waals surface area contributed by atoms with Crippen LogP contribution >= 0.6 is 11.6 Å². The van der Waals surface area contributed by atoms with E-state index in [0.717, 1.165) is 30.7 Å². The Balaban J connectivity index is 1.64. The van der Waals surface area contributed by atoms with Crippen LogP contribution in [0.25, 0.3) is 0 Å². The molecule has 1 N–H and O–H groups in total. The molecular formula is C16H20ClN3. The summed E-state index contributed by atoms with van der Waals surface area (Å²) in [6.45, 7) is 3.31. The summed E-state index contributed by atoms with van der Waals surface area (Å²) < 4.78 is 0. The third kappa shape index (κ3) is 2.77. The smallest absolute Gasteiger partial charge is 0.0992 e. The topological polar surface area (TPSA) is 39.1 Å². The second-order valence-corrected chi connectivity index (χ2v) is 6.21. The number of halogens is 1. The van der Waals surface area contributed by atoms with E-state index in [1.807, 2.05) is 12.1 Å². The van der Waals surface area contributed by atoms with E-state index in [1.165, 1.54) is 32.2 Å². The Morgan fingerprint density at radius 1 is 1.25 bits per heavy atom. The molecule has 1 aromatic rings. The number of nitrogens with one attached hydrogen (secondary N) is 1. The lowest BCUT2D eigenvalue weighted by atomic mass is 9.88. The summed E-state index contributed by atoms with van der Waals surface area (Å²) in [5.41, 5.74) is 1.70. The molecule has 0 aromatic heterocycles. The molecule has 1 aromatic carbocycles. The zero-order valence-corrected chi connectivity index (χ0v) is 12.4. The Kier molecular flexibility index (Phi) is 4.14. The predicted molar refractivity (Wildman–Crippen MR) is 82.1 cm³/mol. The van der Waals surface area contributed by atoms with E-state index in [9.17, 15) is 0 Å². The molecule has 2 aliphatic rings. The number of piperidine rings is 1. The molecule has 4 heteroatoms. The van der Waals surface area contributed by atoms with Gasteiger partial charge in [-0.15, -0.1) is 0 Å². The van der Waals surface area contributed by atoms with Crippen molar-refractivity contribution < 1.29 is 0 Å². The number of nitriles is 1. The second kappa shape index (κ2) is 6.03. The van der Waals surface area contributed by atoms with Gasteiger partial charge in [0.15, 0.2) is 0 Å². The zero-order valence-electron chi connectivity index (χ0n) is 11.6. The van der Waals surface area contributed by atoms with Gasteiger partial charge in [0.1, 0.15) is 0 Å². The fourth-order valence-electron chi connectivity index (χ4n) is 3.49. The van der Waals surface area contributed by atoms with Crippen LogP contribution in [-0.2, 0) is 0 Å². The van der Waals surface area contributed by atoms with E-state index in [-0.39, 0.29) is 0 Å². The van der Waals surface area contributed by atoms with Gasteiger partial charge in [-0.2, -0.15) is 5.26 Å². The van der Waals surface area contributed by atoms with Gasteiger partial charge in [-0.1, -0.05) is 11.6 Å². The average Bonchev–Trinajstić information content (AvgIpc) is 3.01. The van der Waals surface area contributed by atoms with Crippen LogP contribution in [0.4, 0.5) is 5.69 Å². The molecule has 0 aliphatic carbocycles. The van der Waals surface area contributed by atoms with Crippen LogP contribution in [0, 0.1) is 17.2 Å². The highest BCUT2D eigenvalue weighted by Crippen LogP contribution is 2.32. The molecule has 1 atom stereocenters. The number of hydrogen-bond acceptors (Lipinski definition) is 3. The normalized spacial score (nSPS) is 23.8. The summed E-state index contributed by atoms with van der Waals surface area (Å²) >= 11 is 6.30. The lowest BCUT2D eigenvalue weighted by molar-refractivity contribution is 0.319. The van der Waals surface area contributed by atoms with E-state index >= 15 is 0 Å². The summed E-state index contributed by atoms with van der Waals surface area (Å²) in [7, 11) is 0. The highest BCUT2D eigenvalue weighted by molar-refractivity contribution is 6.33. The lowest BCUT2D eigenvalue weighted by Gasteiger charge is -2.36. The number of hydrogen-bond donors (Lipinski definition) is 1. The largest absolute Gasteiger partial charge is 0.370 e. The summed E-state index contributed by atoms with van der Waals surface area (Å²) in [5.74, 6) is 0.811. The molecule has 2 saturated heterocycles. The van der Waals surface area contributed by atoms with Crippen molar-refractivity contribution in [2.45, 2.75) is 31.7 Å². The van der Waals surface area contributed by atoms with Crippen LogP contribution in [-0.4, -0.2) is 25.7 Å². The molecule has 0 saturated carbocycles. The molecule has 20 heavy (non-hydrogen) atoms. The van der Waals surface area contributed by atoms with E-state index in [0.29, 0.717) is 10.6 Å². The molecule has 2 fully saturated rings.